The zero-order chi connectivity index (χ0) is 13.3. The van der Waals surface area contributed by atoms with Gasteiger partial charge in [-0.25, -0.2) is 0 Å². The summed E-state index contributed by atoms with van der Waals surface area (Å²) in [4.78, 5) is 0. The highest BCUT2D eigenvalue weighted by Gasteiger charge is 2.47. The van der Waals surface area contributed by atoms with Crippen LogP contribution in [-0.2, 0) is 0 Å². The van der Waals surface area contributed by atoms with Crippen LogP contribution in [0.4, 0.5) is 0 Å². The molecule has 2 nitrogen and oxygen atoms in total. The van der Waals surface area contributed by atoms with E-state index in [9.17, 15) is 0 Å². The molecule has 0 aromatic heterocycles. The number of rotatable bonds is 4. The van der Waals surface area contributed by atoms with E-state index < -0.39 is 0 Å². The van der Waals surface area contributed by atoms with Gasteiger partial charge in [-0.3, -0.25) is 0 Å². The lowest BCUT2D eigenvalue weighted by atomic mass is 9.83. The molecule has 2 aliphatic rings. The number of hydrogen-bond donors (Lipinski definition) is 2. The summed E-state index contributed by atoms with van der Waals surface area (Å²) in [5.74, 6) is 0.781. The molecule has 0 heterocycles. The van der Waals surface area contributed by atoms with Crippen molar-refractivity contribution < 1.29 is 0 Å². The molecule has 104 valence electrons. The van der Waals surface area contributed by atoms with E-state index in [2.05, 4.69) is 24.3 Å². The van der Waals surface area contributed by atoms with Crippen LogP contribution in [0.15, 0.2) is 24.3 Å². The van der Waals surface area contributed by atoms with Crippen molar-refractivity contribution in [1.82, 2.24) is 0 Å². The van der Waals surface area contributed by atoms with Crippen LogP contribution in [0.5, 0.6) is 0 Å². The van der Waals surface area contributed by atoms with Gasteiger partial charge in [-0.15, -0.1) is 0 Å². The molecule has 0 aliphatic heterocycles. The minimum Gasteiger partial charge on any atom is -0.330 e. The highest BCUT2D eigenvalue weighted by Crippen LogP contribution is 2.52. The highest BCUT2D eigenvalue weighted by molar-refractivity contribution is 5.30. The maximum Gasteiger partial charge on any atom is 0.0364 e. The molecule has 1 unspecified atom stereocenters. The molecule has 1 atom stereocenters. The second-order valence-electron chi connectivity index (χ2n) is 6.55. The average molecular weight is 258 g/mol. The van der Waals surface area contributed by atoms with Gasteiger partial charge in [0.05, 0.1) is 0 Å². The molecular formula is C17H26N2. The van der Waals surface area contributed by atoms with Crippen molar-refractivity contribution in [2.45, 2.75) is 56.9 Å². The smallest absolute Gasteiger partial charge is 0.0364 e. The molecule has 0 spiro atoms. The summed E-state index contributed by atoms with van der Waals surface area (Å²) in [6.07, 6.45) is 9.29. The van der Waals surface area contributed by atoms with E-state index in [1.54, 1.807) is 0 Å². The highest BCUT2D eigenvalue weighted by atomic mass is 14.8. The summed E-state index contributed by atoms with van der Waals surface area (Å²) < 4.78 is 0. The minimum absolute atomic E-state index is 0.123. The molecule has 0 saturated heterocycles. The van der Waals surface area contributed by atoms with E-state index in [1.165, 1.54) is 56.1 Å². The summed E-state index contributed by atoms with van der Waals surface area (Å²) in [7, 11) is 0. The summed E-state index contributed by atoms with van der Waals surface area (Å²) in [6, 6.07) is 9.21. The van der Waals surface area contributed by atoms with Crippen molar-refractivity contribution >= 4 is 0 Å². The van der Waals surface area contributed by atoms with Crippen LogP contribution in [0.1, 0.15) is 68.0 Å². The Balaban J connectivity index is 1.71. The molecule has 3 rings (SSSR count). The average Bonchev–Trinajstić information content (AvgIpc) is 3.29. The standard InChI is InChI=1S/C17H26N2/c18-12-17(10-11-17)16(19)15-8-6-14(7-9-15)13-4-2-1-3-5-13/h6-9,13,16H,1-5,10-12,18-19H2. The summed E-state index contributed by atoms with van der Waals surface area (Å²) in [5, 5.41) is 0. The van der Waals surface area contributed by atoms with Gasteiger partial charge in [0, 0.05) is 11.5 Å². The second-order valence-corrected chi connectivity index (χ2v) is 6.55. The fourth-order valence-corrected chi connectivity index (χ4v) is 3.57. The van der Waals surface area contributed by atoms with Crippen molar-refractivity contribution in [2.24, 2.45) is 16.9 Å². The van der Waals surface area contributed by atoms with E-state index >= 15 is 0 Å². The second kappa shape index (κ2) is 5.26. The van der Waals surface area contributed by atoms with Crippen molar-refractivity contribution in [3.05, 3.63) is 35.4 Å². The van der Waals surface area contributed by atoms with Gasteiger partial charge in [-0.2, -0.15) is 0 Å². The Bertz CT molecular complexity index is 413. The van der Waals surface area contributed by atoms with Crippen LogP contribution >= 0.6 is 0 Å². The maximum atomic E-state index is 6.39. The first-order valence-corrected chi connectivity index (χ1v) is 7.81. The van der Waals surface area contributed by atoms with E-state index in [0.29, 0.717) is 0 Å². The van der Waals surface area contributed by atoms with Gasteiger partial charge in [-0.1, -0.05) is 43.5 Å². The van der Waals surface area contributed by atoms with Gasteiger partial charge in [-0.05, 0) is 49.3 Å². The molecule has 1 aromatic carbocycles. The molecule has 0 amide bonds. The first kappa shape index (κ1) is 13.1. The molecule has 19 heavy (non-hydrogen) atoms. The van der Waals surface area contributed by atoms with E-state index in [0.717, 1.165) is 12.5 Å². The van der Waals surface area contributed by atoms with Crippen LogP contribution in [0.3, 0.4) is 0 Å². The van der Waals surface area contributed by atoms with Crippen LogP contribution in [-0.4, -0.2) is 6.54 Å². The molecule has 2 saturated carbocycles. The van der Waals surface area contributed by atoms with E-state index in [1.807, 2.05) is 0 Å². The SMILES string of the molecule is NCC1(C(N)c2ccc(C3CCCCC3)cc2)CC1. The molecule has 0 bridgehead atoms. The summed E-state index contributed by atoms with van der Waals surface area (Å²) >= 11 is 0. The third-order valence-corrected chi connectivity index (χ3v) is 5.33. The van der Waals surface area contributed by atoms with Gasteiger partial charge in [0.25, 0.3) is 0 Å². The van der Waals surface area contributed by atoms with E-state index in [-0.39, 0.29) is 11.5 Å². The molecular weight excluding hydrogens is 232 g/mol. The predicted octanol–water partition coefficient (Wildman–Crippen LogP) is 3.47. The fraction of sp³-hybridized carbons (Fsp3) is 0.647. The van der Waals surface area contributed by atoms with Gasteiger partial charge in [0.15, 0.2) is 0 Å². The Labute approximate surface area is 116 Å². The quantitative estimate of drug-likeness (QED) is 0.868. The van der Waals surface area contributed by atoms with Crippen LogP contribution < -0.4 is 11.5 Å². The Morgan fingerprint density at radius 1 is 1.05 bits per heavy atom. The summed E-state index contributed by atoms with van der Waals surface area (Å²) in [6.45, 7) is 0.721. The van der Waals surface area contributed by atoms with Gasteiger partial charge in [0.2, 0.25) is 0 Å². The number of benzene rings is 1. The van der Waals surface area contributed by atoms with Gasteiger partial charge < -0.3 is 11.5 Å². The lowest BCUT2D eigenvalue weighted by molar-refractivity contribution is 0.418. The third-order valence-electron chi connectivity index (χ3n) is 5.33. The zero-order valence-electron chi connectivity index (χ0n) is 11.8. The molecule has 2 aliphatic carbocycles. The topological polar surface area (TPSA) is 52.0 Å². The Morgan fingerprint density at radius 2 is 1.68 bits per heavy atom. The lowest BCUT2D eigenvalue weighted by Gasteiger charge is -2.24. The lowest BCUT2D eigenvalue weighted by Crippen LogP contribution is -2.29. The largest absolute Gasteiger partial charge is 0.330 e. The first-order valence-electron chi connectivity index (χ1n) is 7.81. The normalized spacial score (nSPS) is 24.1. The molecule has 0 radical (unpaired) electrons. The van der Waals surface area contributed by atoms with Crippen LogP contribution in [0, 0.1) is 5.41 Å². The molecule has 2 heteroatoms. The van der Waals surface area contributed by atoms with Gasteiger partial charge >= 0.3 is 0 Å². The van der Waals surface area contributed by atoms with Crippen molar-refractivity contribution in [2.75, 3.05) is 6.54 Å². The van der Waals surface area contributed by atoms with Crippen LogP contribution in [0.25, 0.3) is 0 Å². The molecule has 2 fully saturated rings. The number of nitrogens with two attached hydrogens (primary N) is 2. The van der Waals surface area contributed by atoms with E-state index in [4.69, 9.17) is 11.5 Å². The summed E-state index contributed by atoms with van der Waals surface area (Å²) in [5.41, 5.74) is 15.2. The monoisotopic (exact) mass is 258 g/mol. The minimum atomic E-state index is 0.123. The predicted molar refractivity (Wildman–Crippen MR) is 79.9 cm³/mol. The van der Waals surface area contributed by atoms with Crippen molar-refractivity contribution in [3.63, 3.8) is 0 Å². The Hall–Kier alpha value is -0.860. The number of hydrogen-bond acceptors (Lipinski definition) is 2. The molecule has 1 aromatic rings. The Morgan fingerprint density at radius 3 is 2.21 bits per heavy atom. The Kier molecular flexibility index (Phi) is 3.64. The zero-order valence-corrected chi connectivity index (χ0v) is 11.8. The third kappa shape index (κ3) is 2.56. The van der Waals surface area contributed by atoms with Crippen molar-refractivity contribution in [1.29, 1.82) is 0 Å². The van der Waals surface area contributed by atoms with Crippen molar-refractivity contribution in [3.8, 4) is 0 Å². The fourth-order valence-electron chi connectivity index (χ4n) is 3.57. The molecule has 4 N–H and O–H groups in total. The first-order chi connectivity index (χ1) is 9.25. The van der Waals surface area contributed by atoms with Gasteiger partial charge in [0.1, 0.15) is 0 Å². The maximum absolute atomic E-state index is 6.39. The van der Waals surface area contributed by atoms with Crippen LogP contribution in [0.2, 0.25) is 0 Å².